The van der Waals surface area contributed by atoms with Crippen LogP contribution in [-0.4, -0.2) is 12.9 Å². The lowest BCUT2D eigenvalue weighted by Crippen LogP contribution is -2.16. The maximum Gasteiger partial charge on any atom is 0.170 e. The molecule has 1 aliphatic rings. The Morgan fingerprint density at radius 3 is 2.38 bits per heavy atom. The predicted octanol–water partition coefficient (Wildman–Crippen LogP) is 4.36. The molecule has 0 aliphatic heterocycles. The Morgan fingerprint density at radius 2 is 1.81 bits per heavy atom. The highest BCUT2D eigenvalue weighted by molar-refractivity contribution is 9.10. The van der Waals surface area contributed by atoms with Gasteiger partial charge in [0, 0.05) is 10.4 Å². The molecule has 0 bridgehead atoms. The first-order chi connectivity index (χ1) is 10.1. The van der Waals surface area contributed by atoms with Crippen molar-refractivity contribution < 1.29 is 9.53 Å². The van der Waals surface area contributed by atoms with Gasteiger partial charge in [0.2, 0.25) is 0 Å². The predicted molar refractivity (Wildman–Crippen MR) is 87.1 cm³/mol. The number of aryl methyl sites for hydroxylation is 1. The van der Waals surface area contributed by atoms with E-state index in [9.17, 15) is 4.79 Å². The number of ketones is 1. The minimum Gasteiger partial charge on any atom is -0.496 e. The molecule has 21 heavy (non-hydrogen) atoms. The van der Waals surface area contributed by atoms with Crippen LogP contribution in [0.15, 0.2) is 40.9 Å². The first-order valence-electron chi connectivity index (χ1n) is 7.05. The molecule has 2 aromatic rings. The van der Waals surface area contributed by atoms with Crippen molar-refractivity contribution in [2.24, 2.45) is 5.92 Å². The summed E-state index contributed by atoms with van der Waals surface area (Å²) >= 11 is 3.51. The van der Waals surface area contributed by atoms with Crippen molar-refractivity contribution >= 4 is 21.7 Å². The van der Waals surface area contributed by atoms with Crippen LogP contribution in [0.1, 0.15) is 27.0 Å². The highest BCUT2D eigenvalue weighted by Crippen LogP contribution is 2.33. The highest BCUT2D eigenvalue weighted by atomic mass is 79.9. The van der Waals surface area contributed by atoms with Crippen molar-refractivity contribution in [3.63, 3.8) is 0 Å². The summed E-state index contributed by atoms with van der Waals surface area (Å²) in [5.74, 6) is 0.853. The molecule has 2 aromatic carbocycles. The Morgan fingerprint density at radius 1 is 1.19 bits per heavy atom. The molecular weight excluding hydrogens is 328 g/mol. The fourth-order valence-electron chi connectivity index (χ4n) is 2.98. The number of Topliss-reactive ketones (excluding diaryl/α,β-unsaturated/α-hetero) is 1. The standard InChI is InChI=1S/C18H17BrO2/c1-11-7-17(21-2)15(10-16(11)19)18(20)14-8-12-5-3-4-6-13(12)9-14/h3-7,10,14H,8-9H2,1-2H3. The number of hydrogen-bond acceptors (Lipinski definition) is 2. The van der Waals surface area contributed by atoms with E-state index in [0.717, 1.165) is 22.9 Å². The summed E-state index contributed by atoms with van der Waals surface area (Å²) in [5.41, 5.74) is 4.33. The normalized spacial score (nSPS) is 14.0. The lowest BCUT2D eigenvalue weighted by Gasteiger charge is -2.13. The molecule has 1 aliphatic carbocycles. The number of carbonyl (C=O) groups excluding carboxylic acids is 1. The van der Waals surface area contributed by atoms with Crippen molar-refractivity contribution in [3.05, 3.63) is 63.1 Å². The summed E-state index contributed by atoms with van der Waals surface area (Å²) in [6, 6.07) is 12.1. The molecule has 2 nitrogen and oxygen atoms in total. The van der Waals surface area contributed by atoms with Gasteiger partial charge in [0.25, 0.3) is 0 Å². The van der Waals surface area contributed by atoms with E-state index in [1.54, 1.807) is 7.11 Å². The Kier molecular flexibility index (Phi) is 3.85. The van der Waals surface area contributed by atoms with Crippen LogP contribution < -0.4 is 4.74 Å². The number of hydrogen-bond donors (Lipinski definition) is 0. The zero-order valence-corrected chi connectivity index (χ0v) is 13.7. The summed E-state index contributed by atoms with van der Waals surface area (Å²) in [6.07, 6.45) is 1.65. The molecule has 0 saturated carbocycles. The lowest BCUT2D eigenvalue weighted by molar-refractivity contribution is 0.0921. The number of rotatable bonds is 3. The summed E-state index contributed by atoms with van der Waals surface area (Å²) < 4.78 is 6.34. The number of halogens is 1. The van der Waals surface area contributed by atoms with Gasteiger partial charge in [0.05, 0.1) is 12.7 Å². The van der Waals surface area contributed by atoms with Gasteiger partial charge in [-0.25, -0.2) is 0 Å². The molecule has 0 radical (unpaired) electrons. The van der Waals surface area contributed by atoms with Crippen LogP contribution in [0, 0.1) is 12.8 Å². The number of benzene rings is 2. The van der Waals surface area contributed by atoms with Crippen LogP contribution in [0.4, 0.5) is 0 Å². The van der Waals surface area contributed by atoms with Gasteiger partial charge >= 0.3 is 0 Å². The van der Waals surface area contributed by atoms with Crippen molar-refractivity contribution in [1.29, 1.82) is 0 Å². The Balaban J connectivity index is 1.92. The number of fused-ring (bicyclic) bond motifs is 1. The zero-order valence-electron chi connectivity index (χ0n) is 12.2. The summed E-state index contributed by atoms with van der Waals surface area (Å²) in [6.45, 7) is 1.99. The maximum absolute atomic E-state index is 12.9. The molecule has 3 rings (SSSR count). The number of ether oxygens (including phenoxy) is 1. The topological polar surface area (TPSA) is 26.3 Å². The van der Waals surface area contributed by atoms with Gasteiger partial charge in [-0.15, -0.1) is 0 Å². The maximum atomic E-state index is 12.9. The Bertz CT molecular complexity index is 681. The first-order valence-corrected chi connectivity index (χ1v) is 7.84. The molecule has 0 N–H and O–H groups in total. The molecule has 0 spiro atoms. The minimum absolute atomic E-state index is 0.0194. The Hall–Kier alpha value is -1.61. The average Bonchev–Trinajstić information content (AvgIpc) is 2.92. The van der Waals surface area contributed by atoms with Gasteiger partial charge in [-0.2, -0.15) is 0 Å². The first kappa shape index (κ1) is 14.3. The van der Waals surface area contributed by atoms with Gasteiger partial charge in [0.1, 0.15) is 5.75 Å². The third-order valence-electron chi connectivity index (χ3n) is 4.17. The van der Waals surface area contributed by atoms with Crippen LogP contribution in [0.3, 0.4) is 0 Å². The molecule has 3 heteroatoms. The molecule has 0 fully saturated rings. The van der Waals surface area contributed by atoms with Gasteiger partial charge in [-0.05, 0) is 48.6 Å². The second-order valence-electron chi connectivity index (χ2n) is 5.54. The van der Waals surface area contributed by atoms with Crippen LogP contribution in [-0.2, 0) is 12.8 Å². The van der Waals surface area contributed by atoms with E-state index in [1.807, 2.05) is 31.2 Å². The van der Waals surface area contributed by atoms with Crippen LogP contribution in [0.25, 0.3) is 0 Å². The fraction of sp³-hybridized carbons (Fsp3) is 0.278. The monoisotopic (exact) mass is 344 g/mol. The summed E-state index contributed by atoms with van der Waals surface area (Å²) in [4.78, 5) is 12.9. The number of carbonyl (C=O) groups is 1. The van der Waals surface area contributed by atoms with Crippen molar-refractivity contribution in [2.75, 3.05) is 7.11 Å². The van der Waals surface area contributed by atoms with Crippen LogP contribution in [0.5, 0.6) is 5.75 Å². The summed E-state index contributed by atoms with van der Waals surface area (Å²) in [5, 5.41) is 0. The molecule has 0 amide bonds. The molecule has 0 heterocycles. The molecule has 0 atom stereocenters. The minimum atomic E-state index is 0.0194. The number of methoxy groups -OCH3 is 1. The van der Waals surface area contributed by atoms with E-state index in [0.29, 0.717) is 11.3 Å². The van der Waals surface area contributed by atoms with E-state index in [1.165, 1.54) is 11.1 Å². The van der Waals surface area contributed by atoms with Crippen molar-refractivity contribution in [2.45, 2.75) is 19.8 Å². The third-order valence-corrected chi connectivity index (χ3v) is 5.02. The van der Waals surface area contributed by atoms with E-state index >= 15 is 0 Å². The highest BCUT2D eigenvalue weighted by Gasteiger charge is 2.29. The smallest absolute Gasteiger partial charge is 0.170 e. The van der Waals surface area contributed by atoms with Crippen LogP contribution in [0.2, 0.25) is 0 Å². The lowest BCUT2D eigenvalue weighted by atomic mass is 9.94. The van der Waals surface area contributed by atoms with Gasteiger partial charge < -0.3 is 4.74 Å². The molecule has 0 saturated heterocycles. The summed E-state index contributed by atoms with van der Waals surface area (Å²) in [7, 11) is 1.61. The molecule has 108 valence electrons. The Labute approximate surface area is 133 Å². The van der Waals surface area contributed by atoms with E-state index in [-0.39, 0.29) is 11.7 Å². The van der Waals surface area contributed by atoms with Crippen LogP contribution >= 0.6 is 15.9 Å². The second-order valence-corrected chi connectivity index (χ2v) is 6.39. The zero-order chi connectivity index (χ0) is 15.0. The van der Waals surface area contributed by atoms with Gasteiger partial charge in [-0.1, -0.05) is 40.2 Å². The molecule has 0 unspecified atom stereocenters. The van der Waals surface area contributed by atoms with Crippen molar-refractivity contribution in [1.82, 2.24) is 0 Å². The largest absolute Gasteiger partial charge is 0.496 e. The van der Waals surface area contributed by atoms with E-state index in [4.69, 9.17) is 4.74 Å². The molecular formula is C18H17BrO2. The van der Waals surface area contributed by atoms with E-state index < -0.39 is 0 Å². The van der Waals surface area contributed by atoms with Crippen molar-refractivity contribution in [3.8, 4) is 5.75 Å². The van der Waals surface area contributed by atoms with Gasteiger partial charge in [0.15, 0.2) is 5.78 Å². The fourth-order valence-corrected chi connectivity index (χ4v) is 3.32. The average molecular weight is 345 g/mol. The molecule has 0 aromatic heterocycles. The quantitative estimate of drug-likeness (QED) is 0.773. The second kappa shape index (κ2) is 5.64. The van der Waals surface area contributed by atoms with Gasteiger partial charge in [-0.3, -0.25) is 4.79 Å². The third kappa shape index (κ3) is 2.62. The SMILES string of the molecule is COc1cc(C)c(Br)cc1C(=O)C1Cc2ccccc2C1. The van der Waals surface area contributed by atoms with E-state index in [2.05, 4.69) is 28.1 Å².